The molecule has 0 radical (unpaired) electrons. The first-order chi connectivity index (χ1) is 21.8. The van der Waals surface area contributed by atoms with Gasteiger partial charge >= 0.3 is 0 Å². The van der Waals surface area contributed by atoms with Crippen molar-refractivity contribution in [1.29, 1.82) is 0 Å². The zero-order chi connectivity index (χ0) is 29.0. The number of hydrogen-bond acceptors (Lipinski definition) is 0. The predicted octanol–water partition coefficient (Wildman–Crippen LogP) is 12.3. The van der Waals surface area contributed by atoms with Crippen molar-refractivity contribution in [2.24, 2.45) is 0 Å². The molecule has 8 aromatic rings. The predicted molar refractivity (Wildman–Crippen MR) is 190 cm³/mol. The number of fused-ring (bicyclic) bond motifs is 6. The van der Waals surface area contributed by atoms with Gasteiger partial charge in [0.2, 0.25) is 0 Å². The van der Waals surface area contributed by atoms with Gasteiger partial charge < -0.3 is 0 Å². The number of hydrogen-bond donors (Lipinski definition) is 0. The summed E-state index contributed by atoms with van der Waals surface area (Å²) in [6, 6.07) is 54.2. The minimum Gasteiger partial charge on any atom is -0.0836 e. The summed E-state index contributed by atoms with van der Waals surface area (Å²) in [7, 11) is 0. The quantitative estimate of drug-likeness (QED) is 0.149. The van der Waals surface area contributed by atoms with Gasteiger partial charge in [-0.3, -0.25) is 0 Å². The highest BCUT2D eigenvalue weighted by atomic mass is 14.2. The van der Waals surface area contributed by atoms with E-state index in [4.69, 9.17) is 0 Å². The van der Waals surface area contributed by atoms with Crippen LogP contribution in [0.5, 0.6) is 0 Å². The average Bonchev–Trinajstić information content (AvgIpc) is 3.10. The average molecular weight is 559 g/mol. The molecule has 0 heteroatoms. The van der Waals surface area contributed by atoms with Crippen LogP contribution in [0, 0.1) is 0 Å². The third-order valence-electron chi connectivity index (χ3n) is 9.48. The fourth-order valence-corrected chi connectivity index (χ4v) is 7.36. The van der Waals surface area contributed by atoms with Crippen LogP contribution in [0.3, 0.4) is 0 Å². The second-order valence-electron chi connectivity index (χ2n) is 12.0. The van der Waals surface area contributed by atoms with Crippen molar-refractivity contribution in [3.63, 3.8) is 0 Å². The Bertz CT molecular complexity index is 2420. The van der Waals surface area contributed by atoms with Gasteiger partial charge in [-0.05, 0) is 119 Å². The third-order valence-corrected chi connectivity index (χ3v) is 9.48. The van der Waals surface area contributed by atoms with E-state index in [0.717, 1.165) is 12.8 Å². The molecule has 0 saturated carbocycles. The minimum atomic E-state index is 1.12. The first kappa shape index (κ1) is 25.1. The van der Waals surface area contributed by atoms with Crippen molar-refractivity contribution >= 4 is 49.2 Å². The Hall–Kier alpha value is -5.46. The summed E-state index contributed by atoms with van der Waals surface area (Å²) in [4.78, 5) is 0. The lowest BCUT2D eigenvalue weighted by Gasteiger charge is -2.19. The maximum Gasteiger partial charge on any atom is -0.00261 e. The van der Waals surface area contributed by atoms with E-state index in [-0.39, 0.29) is 0 Å². The van der Waals surface area contributed by atoms with Gasteiger partial charge in [-0.1, -0.05) is 140 Å². The standard InChI is InChI=1S/C44H30/c1-2-12-31(13-3-1)43-39-16-8-9-17-40(39)44(36-23-24-38-35(27-36)21-19-30-11-6-7-15-37(30)38)41-25-22-34(28-42(41)43)33-20-18-29-10-4-5-14-32(29)26-33/h1-3,5-9,11-28H,4,10H2. The molecule has 1 aliphatic carbocycles. The van der Waals surface area contributed by atoms with Crippen LogP contribution < -0.4 is 0 Å². The number of aryl methyl sites for hydroxylation is 1. The number of rotatable bonds is 3. The van der Waals surface area contributed by atoms with E-state index in [2.05, 4.69) is 158 Å². The third kappa shape index (κ3) is 3.99. The summed E-state index contributed by atoms with van der Waals surface area (Å²) in [6.45, 7) is 0. The monoisotopic (exact) mass is 558 g/mol. The number of benzene rings is 8. The van der Waals surface area contributed by atoms with Crippen molar-refractivity contribution < 1.29 is 0 Å². The van der Waals surface area contributed by atoms with E-state index in [1.165, 1.54) is 87.6 Å². The molecule has 0 aromatic heterocycles. The Morgan fingerprint density at radius 1 is 0.364 bits per heavy atom. The van der Waals surface area contributed by atoms with E-state index in [9.17, 15) is 0 Å². The second-order valence-corrected chi connectivity index (χ2v) is 12.0. The maximum atomic E-state index is 2.43. The van der Waals surface area contributed by atoms with Gasteiger partial charge in [0.25, 0.3) is 0 Å². The Balaban J connectivity index is 1.35. The summed E-state index contributed by atoms with van der Waals surface area (Å²) in [5, 5.41) is 10.3. The summed E-state index contributed by atoms with van der Waals surface area (Å²) in [5.74, 6) is 0. The fourth-order valence-electron chi connectivity index (χ4n) is 7.36. The SMILES string of the molecule is C1=Cc2cc(-c3ccc4c(-c5ccc6c(ccc7ccccc76)c5)c5ccccc5c(-c5ccccc5)c4c3)ccc2CC1. The van der Waals surface area contributed by atoms with Crippen molar-refractivity contribution in [3.05, 3.63) is 163 Å². The molecule has 0 saturated heterocycles. The molecule has 0 atom stereocenters. The highest BCUT2D eigenvalue weighted by Crippen LogP contribution is 2.45. The summed E-state index contributed by atoms with van der Waals surface area (Å²) < 4.78 is 0. The van der Waals surface area contributed by atoms with Gasteiger partial charge in [0.15, 0.2) is 0 Å². The van der Waals surface area contributed by atoms with Crippen LogP contribution in [0.25, 0.3) is 82.5 Å². The smallest absolute Gasteiger partial charge is 0.00261 e. The molecule has 8 aromatic carbocycles. The lowest BCUT2D eigenvalue weighted by molar-refractivity contribution is 0.986. The molecule has 0 spiro atoms. The van der Waals surface area contributed by atoms with Crippen LogP contribution in [-0.4, -0.2) is 0 Å². The van der Waals surface area contributed by atoms with E-state index in [0.29, 0.717) is 0 Å². The minimum absolute atomic E-state index is 1.12. The van der Waals surface area contributed by atoms with E-state index in [1.54, 1.807) is 0 Å². The highest BCUT2D eigenvalue weighted by Gasteiger charge is 2.18. The molecule has 0 bridgehead atoms. The normalized spacial score (nSPS) is 12.7. The van der Waals surface area contributed by atoms with Gasteiger partial charge in [-0.15, -0.1) is 0 Å². The molecule has 0 unspecified atom stereocenters. The molecular weight excluding hydrogens is 528 g/mol. The topological polar surface area (TPSA) is 0 Å². The first-order valence-electron chi connectivity index (χ1n) is 15.6. The van der Waals surface area contributed by atoms with Gasteiger partial charge in [0.05, 0.1) is 0 Å². The largest absolute Gasteiger partial charge is 0.0836 e. The zero-order valence-electron chi connectivity index (χ0n) is 24.4. The van der Waals surface area contributed by atoms with Gasteiger partial charge in [0, 0.05) is 0 Å². The van der Waals surface area contributed by atoms with Gasteiger partial charge in [-0.25, -0.2) is 0 Å². The van der Waals surface area contributed by atoms with Crippen LogP contribution in [0.4, 0.5) is 0 Å². The van der Waals surface area contributed by atoms with Crippen molar-refractivity contribution in [3.8, 4) is 33.4 Å². The molecule has 206 valence electrons. The Morgan fingerprint density at radius 3 is 1.84 bits per heavy atom. The Morgan fingerprint density at radius 2 is 0.977 bits per heavy atom. The molecule has 0 heterocycles. The number of allylic oxidation sites excluding steroid dienone is 1. The summed E-state index contributed by atoms with van der Waals surface area (Å²) in [6.07, 6.45) is 6.83. The van der Waals surface area contributed by atoms with Crippen LogP contribution in [-0.2, 0) is 6.42 Å². The molecule has 0 fully saturated rings. The summed E-state index contributed by atoms with van der Waals surface area (Å²) >= 11 is 0. The van der Waals surface area contributed by atoms with Crippen LogP contribution in [0.15, 0.2) is 152 Å². The highest BCUT2D eigenvalue weighted by molar-refractivity contribution is 6.22. The lowest BCUT2D eigenvalue weighted by atomic mass is 9.84. The first-order valence-corrected chi connectivity index (χ1v) is 15.6. The van der Waals surface area contributed by atoms with Crippen molar-refractivity contribution in [1.82, 2.24) is 0 Å². The molecule has 0 amide bonds. The van der Waals surface area contributed by atoms with E-state index >= 15 is 0 Å². The fraction of sp³-hybridized carbons (Fsp3) is 0.0455. The lowest BCUT2D eigenvalue weighted by Crippen LogP contribution is -1.95. The van der Waals surface area contributed by atoms with E-state index in [1.807, 2.05) is 0 Å². The summed E-state index contributed by atoms with van der Waals surface area (Å²) in [5.41, 5.74) is 10.4. The van der Waals surface area contributed by atoms with Crippen molar-refractivity contribution in [2.45, 2.75) is 12.8 Å². The van der Waals surface area contributed by atoms with Gasteiger partial charge in [-0.2, -0.15) is 0 Å². The second kappa shape index (κ2) is 10.1. The molecule has 0 N–H and O–H groups in total. The Labute approximate surface area is 257 Å². The molecule has 1 aliphatic rings. The molecule has 0 aliphatic heterocycles. The van der Waals surface area contributed by atoms with Crippen LogP contribution in [0.1, 0.15) is 17.5 Å². The molecule has 9 rings (SSSR count). The van der Waals surface area contributed by atoms with Crippen molar-refractivity contribution in [2.75, 3.05) is 0 Å². The molecule has 0 nitrogen and oxygen atoms in total. The van der Waals surface area contributed by atoms with Crippen LogP contribution in [0.2, 0.25) is 0 Å². The molecule has 44 heavy (non-hydrogen) atoms. The zero-order valence-corrected chi connectivity index (χ0v) is 24.4. The van der Waals surface area contributed by atoms with Gasteiger partial charge in [0.1, 0.15) is 0 Å². The van der Waals surface area contributed by atoms with Crippen LogP contribution >= 0.6 is 0 Å². The van der Waals surface area contributed by atoms with E-state index < -0.39 is 0 Å². The Kier molecular flexibility index (Phi) is 5.74. The maximum absolute atomic E-state index is 2.43. The molecular formula is C44H30.